The third kappa shape index (κ3) is 6.16. The first-order chi connectivity index (χ1) is 10.2. The van der Waals surface area contributed by atoms with Crippen molar-refractivity contribution in [2.75, 3.05) is 7.11 Å². The maximum Gasteiger partial charge on any atom is 0.410 e. The quantitative estimate of drug-likeness (QED) is 0.783. The van der Waals surface area contributed by atoms with Gasteiger partial charge in [0.2, 0.25) is 0 Å². The molecule has 1 amide bonds. The molecule has 5 heteroatoms. The molecule has 22 heavy (non-hydrogen) atoms. The van der Waals surface area contributed by atoms with Gasteiger partial charge < -0.3 is 14.4 Å². The Bertz CT molecular complexity index is 493. The fraction of sp³-hybridized carbons (Fsp3) is 0.529. The van der Waals surface area contributed by atoms with Crippen LogP contribution in [0, 0.1) is 0 Å². The van der Waals surface area contributed by atoms with Gasteiger partial charge in [-0.3, -0.25) is 4.79 Å². The minimum absolute atomic E-state index is 0.128. The molecule has 1 aromatic carbocycles. The third-order valence-electron chi connectivity index (χ3n) is 3.05. The number of esters is 1. The van der Waals surface area contributed by atoms with Crippen LogP contribution in [0.4, 0.5) is 4.79 Å². The highest BCUT2D eigenvalue weighted by molar-refractivity contribution is 5.73. The number of nitrogens with zero attached hydrogens (tertiary/aromatic N) is 1. The van der Waals surface area contributed by atoms with Gasteiger partial charge >= 0.3 is 12.1 Å². The highest BCUT2D eigenvalue weighted by atomic mass is 16.6. The van der Waals surface area contributed by atoms with E-state index in [9.17, 15) is 9.59 Å². The Labute approximate surface area is 132 Å². The van der Waals surface area contributed by atoms with Gasteiger partial charge in [0.1, 0.15) is 5.60 Å². The first-order valence-corrected chi connectivity index (χ1v) is 7.33. The lowest BCUT2D eigenvalue weighted by atomic mass is 10.1. The van der Waals surface area contributed by atoms with Gasteiger partial charge in [0, 0.05) is 12.6 Å². The molecule has 5 nitrogen and oxygen atoms in total. The summed E-state index contributed by atoms with van der Waals surface area (Å²) in [6.07, 6.45) is -0.310. The highest BCUT2D eigenvalue weighted by Crippen LogP contribution is 2.17. The zero-order valence-electron chi connectivity index (χ0n) is 14.0. The van der Waals surface area contributed by atoms with Crippen molar-refractivity contribution in [1.29, 1.82) is 0 Å². The Morgan fingerprint density at radius 3 is 2.27 bits per heavy atom. The van der Waals surface area contributed by atoms with E-state index in [0.29, 0.717) is 6.54 Å². The molecule has 1 unspecified atom stereocenters. The Morgan fingerprint density at radius 2 is 1.77 bits per heavy atom. The maximum absolute atomic E-state index is 12.4. The lowest BCUT2D eigenvalue weighted by Crippen LogP contribution is -2.42. The predicted molar refractivity (Wildman–Crippen MR) is 84.3 cm³/mol. The second kappa shape index (κ2) is 7.82. The van der Waals surface area contributed by atoms with Crippen LogP contribution in [0.2, 0.25) is 0 Å². The Kier molecular flexibility index (Phi) is 6.40. The van der Waals surface area contributed by atoms with Crippen molar-refractivity contribution in [2.45, 2.75) is 52.3 Å². The molecule has 1 rings (SSSR count). The molecule has 1 atom stereocenters. The third-order valence-corrected chi connectivity index (χ3v) is 3.05. The molecule has 0 saturated carbocycles. The minimum Gasteiger partial charge on any atom is -0.469 e. The average molecular weight is 307 g/mol. The molecule has 122 valence electrons. The first-order valence-electron chi connectivity index (χ1n) is 7.33. The zero-order valence-corrected chi connectivity index (χ0v) is 14.0. The largest absolute Gasteiger partial charge is 0.469 e. The number of hydrogen-bond donors (Lipinski definition) is 0. The SMILES string of the molecule is COC(=O)CC(C)N(Cc1ccccc1)C(=O)OC(C)(C)C. The van der Waals surface area contributed by atoms with Gasteiger partial charge in [-0.2, -0.15) is 0 Å². The summed E-state index contributed by atoms with van der Waals surface area (Å²) < 4.78 is 10.1. The standard InChI is InChI=1S/C17H25NO4/c1-13(11-15(19)21-5)18(16(20)22-17(2,3)4)12-14-9-7-6-8-10-14/h6-10,13H,11-12H2,1-5H3. The smallest absolute Gasteiger partial charge is 0.410 e. The van der Waals surface area contributed by atoms with E-state index in [1.165, 1.54) is 7.11 Å². The summed E-state index contributed by atoms with van der Waals surface area (Å²) in [7, 11) is 1.34. The van der Waals surface area contributed by atoms with Crippen LogP contribution in [-0.2, 0) is 20.8 Å². The summed E-state index contributed by atoms with van der Waals surface area (Å²) in [5, 5.41) is 0. The summed E-state index contributed by atoms with van der Waals surface area (Å²) in [6, 6.07) is 9.28. The Hall–Kier alpha value is -2.04. The van der Waals surface area contributed by atoms with Crippen molar-refractivity contribution in [3.63, 3.8) is 0 Å². The van der Waals surface area contributed by atoms with E-state index in [1.54, 1.807) is 4.90 Å². The van der Waals surface area contributed by atoms with E-state index in [0.717, 1.165) is 5.56 Å². The molecule has 0 heterocycles. The second-order valence-corrected chi connectivity index (χ2v) is 6.22. The maximum atomic E-state index is 12.4. The number of rotatable bonds is 5. The van der Waals surface area contributed by atoms with Gasteiger partial charge in [0.15, 0.2) is 0 Å². The molecule has 0 aromatic heterocycles. The molecule has 0 saturated heterocycles. The second-order valence-electron chi connectivity index (χ2n) is 6.22. The lowest BCUT2D eigenvalue weighted by Gasteiger charge is -2.31. The predicted octanol–water partition coefficient (Wildman–Crippen LogP) is 3.38. The topological polar surface area (TPSA) is 55.8 Å². The molecule has 0 N–H and O–H groups in total. The van der Waals surface area contributed by atoms with Crippen LogP contribution < -0.4 is 0 Å². The van der Waals surface area contributed by atoms with E-state index in [1.807, 2.05) is 58.0 Å². The van der Waals surface area contributed by atoms with Crippen molar-refractivity contribution in [3.05, 3.63) is 35.9 Å². The van der Waals surface area contributed by atoms with E-state index < -0.39 is 11.7 Å². The van der Waals surface area contributed by atoms with Crippen LogP contribution >= 0.6 is 0 Å². The molecule has 1 aromatic rings. The molecule has 0 spiro atoms. The fourth-order valence-corrected chi connectivity index (χ4v) is 1.94. The normalized spacial score (nSPS) is 12.4. The van der Waals surface area contributed by atoms with Crippen LogP contribution in [-0.4, -0.2) is 35.7 Å². The van der Waals surface area contributed by atoms with Crippen molar-refractivity contribution >= 4 is 12.1 Å². The molecule has 0 radical (unpaired) electrons. The minimum atomic E-state index is -0.586. The van der Waals surface area contributed by atoms with Gasteiger partial charge in [0.05, 0.1) is 13.5 Å². The van der Waals surface area contributed by atoms with Gasteiger partial charge in [-0.25, -0.2) is 4.79 Å². The number of carbonyl (C=O) groups is 2. The molecular formula is C17H25NO4. The van der Waals surface area contributed by atoms with Crippen molar-refractivity contribution < 1.29 is 19.1 Å². The summed E-state index contributed by atoms with van der Waals surface area (Å²) in [6.45, 7) is 7.64. The Balaban J connectivity index is 2.89. The summed E-state index contributed by atoms with van der Waals surface area (Å²) in [5.41, 5.74) is 0.391. The van der Waals surface area contributed by atoms with Crippen LogP contribution in [0.5, 0.6) is 0 Å². The molecular weight excluding hydrogens is 282 g/mol. The zero-order chi connectivity index (χ0) is 16.8. The number of benzene rings is 1. The van der Waals surface area contributed by atoms with Gasteiger partial charge in [-0.15, -0.1) is 0 Å². The van der Waals surface area contributed by atoms with E-state index in [4.69, 9.17) is 4.74 Å². The highest BCUT2D eigenvalue weighted by Gasteiger charge is 2.27. The van der Waals surface area contributed by atoms with Gasteiger partial charge in [-0.1, -0.05) is 30.3 Å². The molecule has 0 aliphatic carbocycles. The summed E-state index contributed by atoms with van der Waals surface area (Å²) in [4.78, 5) is 25.5. The molecule has 0 bridgehead atoms. The van der Waals surface area contributed by atoms with Crippen molar-refractivity contribution in [1.82, 2.24) is 4.90 Å². The fourth-order valence-electron chi connectivity index (χ4n) is 1.94. The molecule has 0 fully saturated rings. The number of methoxy groups -OCH3 is 1. The van der Waals surface area contributed by atoms with Crippen LogP contribution in [0.25, 0.3) is 0 Å². The number of amides is 1. The number of carbonyl (C=O) groups excluding carboxylic acids is 2. The van der Waals surface area contributed by atoms with Crippen LogP contribution in [0.1, 0.15) is 39.7 Å². The summed E-state index contributed by atoms with van der Waals surface area (Å²) in [5.74, 6) is -0.353. The Morgan fingerprint density at radius 1 is 1.18 bits per heavy atom. The monoisotopic (exact) mass is 307 g/mol. The van der Waals surface area contributed by atoms with Crippen LogP contribution in [0.3, 0.4) is 0 Å². The summed E-state index contributed by atoms with van der Waals surface area (Å²) >= 11 is 0. The van der Waals surface area contributed by atoms with E-state index in [2.05, 4.69) is 4.74 Å². The van der Waals surface area contributed by atoms with Crippen molar-refractivity contribution in [2.24, 2.45) is 0 Å². The van der Waals surface area contributed by atoms with Crippen LogP contribution in [0.15, 0.2) is 30.3 Å². The van der Waals surface area contributed by atoms with E-state index in [-0.39, 0.29) is 18.4 Å². The van der Waals surface area contributed by atoms with Gasteiger partial charge in [-0.05, 0) is 33.3 Å². The van der Waals surface area contributed by atoms with Gasteiger partial charge in [0.25, 0.3) is 0 Å². The lowest BCUT2D eigenvalue weighted by molar-refractivity contribution is -0.141. The number of hydrogen-bond acceptors (Lipinski definition) is 4. The first kappa shape index (κ1) is 18.0. The van der Waals surface area contributed by atoms with Crippen molar-refractivity contribution in [3.8, 4) is 0 Å². The average Bonchev–Trinajstić information content (AvgIpc) is 2.43. The number of ether oxygens (including phenoxy) is 2. The molecule has 0 aliphatic rings. The molecule has 0 aliphatic heterocycles. The van der Waals surface area contributed by atoms with E-state index >= 15 is 0 Å².